The van der Waals surface area contributed by atoms with Crippen molar-refractivity contribution in [3.8, 4) is 0 Å². The second kappa shape index (κ2) is 6.73. The van der Waals surface area contributed by atoms with Crippen LogP contribution in [0.4, 0.5) is 8.78 Å². The number of hydrogen-bond acceptors (Lipinski definition) is 4. The summed E-state index contributed by atoms with van der Waals surface area (Å²) >= 11 is 0. The smallest absolute Gasteiger partial charge is 0.460 e. The summed E-state index contributed by atoms with van der Waals surface area (Å²) in [5, 5.41) is -4.95. The molecule has 0 aromatic heterocycles. The normalized spacial score (nSPS) is 33.0. The van der Waals surface area contributed by atoms with E-state index in [1.54, 1.807) is 0 Å². The molecule has 1 aromatic carbocycles. The lowest BCUT2D eigenvalue weighted by atomic mass is 9.42. The van der Waals surface area contributed by atoms with Crippen molar-refractivity contribution in [3.63, 3.8) is 0 Å². The minimum Gasteiger partial charge on any atom is -0.460 e. The molecule has 4 aliphatic rings. The van der Waals surface area contributed by atoms with Crippen molar-refractivity contribution < 1.29 is 31.3 Å². The molecule has 0 saturated heterocycles. The summed E-state index contributed by atoms with van der Waals surface area (Å²) in [6.07, 6.45) is 5.52. The van der Waals surface area contributed by atoms with Crippen molar-refractivity contribution in [1.29, 1.82) is 0 Å². The summed E-state index contributed by atoms with van der Waals surface area (Å²) in [6, 6.07) is 4.36. The zero-order chi connectivity index (χ0) is 22.1. The van der Waals surface area contributed by atoms with Crippen LogP contribution < -0.4 is 0 Å². The van der Waals surface area contributed by atoms with Crippen molar-refractivity contribution in [2.24, 2.45) is 17.3 Å². The Morgan fingerprint density at radius 3 is 2.17 bits per heavy atom. The van der Waals surface area contributed by atoms with Gasteiger partial charge in [0.15, 0.2) is 0 Å². The van der Waals surface area contributed by atoms with Gasteiger partial charge in [-0.05, 0) is 93.2 Å². The van der Waals surface area contributed by atoms with E-state index in [-0.39, 0.29) is 12.0 Å². The largest absolute Gasteiger partial charge is 0.465 e. The molecule has 0 amide bonds. The summed E-state index contributed by atoms with van der Waals surface area (Å²) in [7, 11) is -5.86. The molecule has 2 unspecified atom stereocenters. The van der Waals surface area contributed by atoms with Gasteiger partial charge in [0.1, 0.15) is 0 Å². The van der Waals surface area contributed by atoms with E-state index in [2.05, 4.69) is 32.9 Å². The van der Waals surface area contributed by atoms with Crippen LogP contribution in [0.5, 0.6) is 0 Å². The third kappa shape index (κ3) is 3.36. The van der Waals surface area contributed by atoms with Gasteiger partial charge in [0.05, 0.1) is 6.61 Å². The topological polar surface area (TPSA) is 80.7 Å². The molecule has 4 fully saturated rings. The van der Waals surface area contributed by atoms with Crippen LogP contribution >= 0.6 is 0 Å². The molecule has 8 heteroatoms. The average molecular weight is 443 g/mol. The first-order chi connectivity index (χ1) is 13.8. The zero-order valence-electron chi connectivity index (χ0n) is 17.5. The van der Waals surface area contributed by atoms with Crippen LogP contribution in [0, 0.1) is 38.0 Å². The van der Waals surface area contributed by atoms with Gasteiger partial charge in [-0.3, -0.25) is 4.55 Å². The van der Waals surface area contributed by atoms with E-state index in [1.807, 2.05) is 0 Å². The van der Waals surface area contributed by atoms with Crippen molar-refractivity contribution in [1.82, 2.24) is 0 Å². The van der Waals surface area contributed by atoms with Crippen LogP contribution in [-0.4, -0.2) is 30.8 Å². The highest BCUT2D eigenvalue weighted by atomic mass is 32.2. The molecular formula is C22H28F2O5S. The summed E-state index contributed by atoms with van der Waals surface area (Å²) in [5.74, 6) is -1.32. The second-order valence-electron chi connectivity index (χ2n) is 10.1. The Balaban J connectivity index is 1.63. The molecule has 0 aliphatic heterocycles. The third-order valence-electron chi connectivity index (χ3n) is 7.46. The number of rotatable bonds is 5. The Labute approximate surface area is 175 Å². The lowest BCUT2D eigenvalue weighted by molar-refractivity contribution is -0.173. The molecule has 30 heavy (non-hydrogen) atoms. The molecule has 166 valence electrons. The molecule has 1 N–H and O–H groups in total. The Morgan fingerprint density at radius 2 is 1.67 bits per heavy atom. The molecule has 5 rings (SSSR count). The fourth-order valence-electron chi connectivity index (χ4n) is 7.34. The van der Waals surface area contributed by atoms with E-state index >= 15 is 0 Å². The molecular weight excluding hydrogens is 414 g/mol. The molecule has 0 radical (unpaired) electrons. The van der Waals surface area contributed by atoms with Gasteiger partial charge in [-0.25, -0.2) is 4.79 Å². The molecule has 0 spiro atoms. The van der Waals surface area contributed by atoms with Gasteiger partial charge in [-0.1, -0.05) is 17.7 Å². The highest BCUT2D eigenvalue weighted by molar-refractivity contribution is 7.87. The predicted octanol–water partition coefficient (Wildman–Crippen LogP) is 4.47. The van der Waals surface area contributed by atoms with Gasteiger partial charge in [0, 0.05) is 5.41 Å². The minimum absolute atomic E-state index is 0.0655. The number of hydrogen-bond donors (Lipinski definition) is 1. The van der Waals surface area contributed by atoms with Gasteiger partial charge in [-0.2, -0.15) is 17.2 Å². The quantitative estimate of drug-likeness (QED) is 0.537. The third-order valence-corrected chi connectivity index (χ3v) is 8.28. The Hall–Kier alpha value is -1.54. The zero-order valence-corrected chi connectivity index (χ0v) is 18.3. The van der Waals surface area contributed by atoms with E-state index < -0.39 is 26.8 Å². The van der Waals surface area contributed by atoms with Crippen molar-refractivity contribution >= 4 is 16.1 Å². The molecule has 4 saturated carbocycles. The van der Waals surface area contributed by atoms with Gasteiger partial charge < -0.3 is 4.74 Å². The van der Waals surface area contributed by atoms with Crippen LogP contribution in [0.25, 0.3) is 0 Å². The first kappa shape index (κ1) is 21.7. The molecule has 4 bridgehead atoms. The van der Waals surface area contributed by atoms with Crippen LogP contribution in [0.2, 0.25) is 0 Å². The summed E-state index contributed by atoms with van der Waals surface area (Å²) in [5.41, 5.74) is 4.51. The lowest BCUT2D eigenvalue weighted by Crippen LogP contribution is -2.56. The van der Waals surface area contributed by atoms with Crippen molar-refractivity contribution in [2.75, 3.05) is 6.61 Å². The van der Waals surface area contributed by atoms with Gasteiger partial charge in [0.2, 0.25) is 0 Å². The maximum Gasteiger partial charge on any atom is 0.465 e. The van der Waals surface area contributed by atoms with E-state index in [9.17, 15) is 22.0 Å². The van der Waals surface area contributed by atoms with Crippen molar-refractivity contribution in [2.45, 2.75) is 70.0 Å². The number of aryl methyl sites for hydroxylation is 3. The monoisotopic (exact) mass is 442 g/mol. The van der Waals surface area contributed by atoms with Crippen LogP contribution in [-0.2, 0) is 25.1 Å². The Morgan fingerprint density at radius 1 is 1.13 bits per heavy atom. The molecule has 5 nitrogen and oxygen atoms in total. The first-order valence-corrected chi connectivity index (χ1v) is 11.8. The minimum atomic E-state index is -5.86. The Kier molecular flexibility index (Phi) is 4.86. The van der Waals surface area contributed by atoms with E-state index in [1.165, 1.54) is 22.3 Å². The lowest BCUT2D eigenvalue weighted by Gasteiger charge is -2.62. The van der Waals surface area contributed by atoms with Gasteiger partial charge in [0.25, 0.3) is 0 Å². The first-order valence-electron chi connectivity index (χ1n) is 10.4. The fourth-order valence-corrected chi connectivity index (χ4v) is 7.61. The van der Waals surface area contributed by atoms with E-state index in [0.717, 1.165) is 38.5 Å². The molecule has 1 aromatic rings. The van der Waals surface area contributed by atoms with E-state index in [4.69, 9.17) is 9.29 Å². The van der Waals surface area contributed by atoms with Crippen LogP contribution in [0.3, 0.4) is 0 Å². The molecule has 0 heterocycles. The Bertz CT molecular complexity index is 964. The summed E-state index contributed by atoms with van der Waals surface area (Å²) < 4.78 is 62.6. The van der Waals surface area contributed by atoms with Crippen LogP contribution in [0.15, 0.2) is 12.1 Å². The standard InChI is InChI=1S/C22H28F2O5S/c1-13-4-14(2)18(15(3)5-13)21-9-16-6-17(10-21)8-20(7-16,11-21)12-29-19(25)22(23,24)30(26,27)28/h4-5,16-17H,6-12H2,1-3H3,(H,26,27,28). The number of benzene rings is 1. The van der Waals surface area contributed by atoms with E-state index in [0.29, 0.717) is 11.8 Å². The van der Waals surface area contributed by atoms with Gasteiger partial charge in [-0.15, -0.1) is 0 Å². The average Bonchev–Trinajstić information content (AvgIpc) is 2.56. The number of halogens is 2. The second-order valence-corrected chi connectivity index (χ2v) is 11.5. The summed E-state index contributed by atoms with van der Waals surface area (Å²) in [4.78, 5) is 11.8. The number of carbonyl (C=O) groups excluding carboxylic acids is 1. The molecule has 2 atom stereocenters. The SMILES string of the molecule is Cc1cc(C)c(C23CC4CC(CC(COC(=O)C(F)(F)S(=O)(=O)O)(C4)C2)C3)c(C)c1. The maximum atomic E-state index is 13.7. The molecule has 4 aliphatic carbocycles. The van der Waals surface area contributed by atoms with Gasteiger partial charge >= 0.3 is 21.3 Å². The highest BCUT2D eigenvalue weighted by Crippen LogP contribution is 2.66. The summed E-state index contributed by atoms with van der Waals surface area (Å²) in [6.45, 7) is 6.07. The number of esters is 1. The fraction of sp³-hybridized carbons (Fsp3) is 0.682. The predicted molar refractivity (Wildman–Crippen MR) is 107 cm³/mol. The highest BCUT2D eigenvalue weighted by Gasteiger charge is 2.60. The maximum absolute atomic E-state index is 13.7. The number of carbonyl (C=O) groups is 1. The number of alkyl halides is 2. The van der Waals surface area contributed by atoms with Crippen LogP contribution in [0.1, 0.15) is 60.8 Å². The van der Waals surface area contributed by atoms with Crippen molar-refractivity contribution in [3.05, 3.63) is 34.4 Å². The number of ether oxygens (including phenoxy) is 1.